The Morgan fingerprint density at radius 1 is 0.912 bits per heavy atom. The van der Waals surface area contributed by atoms with Gasteiger partial charge < -0.3 is 4.74 Å². The average molecular weight is 499 g/mol. The van der Waals surface area contributed by atoms with Crippen LogP contribution in [-0.4, -0.2) is 27.6 Å². The van der Waals surface area contributed by atoms with Gasteiger partial charge in [-0.3, -0.25) is 9.52 Å². The van der Waals surface area contributed by atoms with E-state index in [-0.39, 0.29) is 22.4 Å². The summed E-state index contributed by atoms with van der Waals surface area (Å²) in [4.78, 5) is 12.0. The van der Waals surface area contributed by atoms with E-state index in [1.165, 1.54) is 49.6 Å². The lowest BCUT2D eigenvalue weighted by molar-refractivity contribution is 0.0955. The molecule has 2 N–H and O–H groups in total. The minimum absolute atomic E-state index is 0.216. The molecule has 3 aromatic carbocycles. The predicted octanol–water partition coefficient (Wildman–Crippen LogP) is 3.96. The van der Waals surface area contributed by atoms with E-state index in [2.05, 4.69) is 9.82 Å². The number of sulfonamides is 1. The number of halogens is 5. The second-order valence-electron chi connectivity index (χ2n) is 6.54. The highest BCUT2D eigenvalue weighted by Gasteiger charge is 2.24. The van der Waals surface area contributed by atoms with Crippen LogP contribution in [0.1, 0.15) is 15.9 Å². The highest BCUT2D eigenvalue weighted by Crippen LogP contribution is 2.22. The van der Waals surface area contributed by atoms with Crippen molar-refractivity contribution in [3.63, 3.8) is 0 Å². The van der Waals surface area contributed by atoms with Gasteiger partial charge in [-0.05, 0) is 42.5 Å². The number of benzene rings is 3. The number of hydrazone groups is 1. The Hall–Kier alpha value is -4.00. The van der Waals surface area contributed by atoms with Crippen molar-refractivity contribution in [3.8, 4) is 5.75 Å². The van der Waals surface area contributed by atoms with E-state index >= 15 is 0 Å². The molecule has 0 aromatic heterocycles. The van der Waals surface area contributed by atoms with E-state index in [1.807, 2.05) is 5.43 Å². The maximum Gasteiger partial charge on any atom is 0.271 e. The van der Waals surface area contributed by atoms with E-state index in [0.29, 0.717) is 5.75 Å². The smallest absolute Gasteiger partial charge is 0.271 e. The first kappa shape index (κ1) is 24.6. The van der Waals surface area contributed by atoms with E-state index in [1.54, 1.807) is 0 Å². The Morgan fingerprint density at radius 2 is 1.50 bits per heavy atom. The van der Waals surface area contributed by atoms with Crippen molar-refractivity contribution in [2.75, 3.05) is 11.8 Å². The normalized spacial score (nSPS) is 11.5. The van der Waals surface area contributed by atoms with Crippen LogP contribution in [0.15, 0.2) is 58.5 Å². The topological polar surface area (TPSA) is 96.9 Å². The maximum atomic E-state index is 13.6. The molecule has 0 atom stereocenters. The summed E-state index contributed by atoms with van der Waals surface area (Å²) in [6.07, 6.45) is 0.236. The molecule has 0 unspecified atom stereocenters. The van der Waals surface area contributed by atoms with Crippen molar-refractivity contribution >= 4 is 27.8 Å². The molecule has 0 heterocycles. The lowest BCUT2D eigenvalue weighted by atomic mass is 10.2. The Balaban J connectivity index is 1.77. The second kappa shape index (κ2) is 9.87. The zero-order valence-electron chi connectivity index (χ0n) is 17.1. The highest BCUT2D eigenvalue weighted by atomic mass is 32.2. The number of nitrogens with one attached hydrogen (secondary N) is 2. The highest BCUT2D eigenvalue weighted by molar-refractivity contribution is 7.92. The molecule has 13 heteroatoms. The molecular formula is C21H14F5N3O4S. The molecule has 7 nitrogen and oxygen atoms in total. The minimum Gasteiger partial charge on any atom is -0.497 e. The fourth-order valence-corrected chi connectivity index (χ4v) is 3.74. The molecule has 0 aliphatic carbocycles. The summed E-state index contributed by atoms with van der Waals surface area (Å²) in [5, 5.41) is 3.19. The monoisotopic (exact) mass is 499 g/mol. The number of rotatable bonds is 7. The summed E-state index contributed by atoms with van der Waals surface area (Å²) >= 11 is 0. The lowest BCUT2D eigenvalue weighted by Gasteiger charge is -2.10. The van der Waals surface area contributed by atoms with Gasteiger partial charge in [-0.2, -0.15) is 5.10 Å². The molecule has 0 saturated heterocycles. The maximum absolute atomic E-state index is 13.6. The number of carbonyl (C=O) groups is 1. The van der Waals surface area contributed by atoms with Crippen LogP contribution in [0.5, 0.6) is 5.75 Å². The van der Waals surface area contributed by atoms with Crippen LogP contribution in [-0.2, 0) is 10.0 Å². The fraction of sp³-hybridized carbons (Fsp3) is 0.0476. The van der Waals surface area contributed by atoms with Gasteiger partial charge in [0.2, 0.25) is 5.82 Å². The van der Waals surface area contributed by atoms with E-state index in [9.17, 15) is 35.2 Å². The summed E-state index contributed by atoms with van der Waals surface area (Å²) in [7, 11) is -2.66. The number of nitrogens with zero attached hydrogens (tertiary/aromatic N) is 1. The van der Waals surface area contributed by atoms with Crippen molar-refractivity contribution in [3.05, 3.63) is 88.7 Å². The third-order valence-electron chi connectivity index (χ3n) is 4.35. The first-order valence-electron chi connectivity index (χ1n) is 9.17. The Labute approximate surface area is 189 Å². The largest absolute Gasteiger partial charge is 0.497 e. The van der Waals surface area contributed by atoms with Gasteiger partial charge in [0, 0.05) is 11.3 Å². The zero-order chi connectivity index (χ0) is 25.0. The van der Waals surface area contributed by atoms with Gasteiger partial charge in [-0.15, -0.1) is 0 Å². The quantitative estimate of drug-likeness (QED) is 0.169. The molecule has 0 fully saturated rings. The van der Waals surface area contributed by atoms with Gasteiger partial charge in [0.05, 0.1) is 23.8 Å². The van der Waals surface area contributed by atoms with Crippen molar-refractivity contribution in [1.29, 1.82) is 0 Å². The van der Waals surface area contributed by atoms with Crippen molar-refractivity contribution in [2.24, 2.45) is 5.10 Å². The van der Waals surface area contributed by atoms with Gasteiger partial charge in [0.25, 0.3) is 15.9 Å². The summed E-state index contributed by atoms with van der Waals surface area (Å²) in [6.45, 7) is 0. The molecular weight excluding hydrogens is 485 g/mol. The van der Waals surface area contributed by atoms with Crippen molar-refractivity contribution in [2.45, 2.75) is 4.90 Å². The Kier molecular flexibility index (Phi) is 7.15. The van der Waals surface area contributed by atoms with Crippen LogP contribution in [0.25, 0.3) is 0 Å². The molecule has 0 bridgehead atoms. The Morgan fingerprint density at radius 3 is 2.09 bits per heavy atom. The molecule has 0 aliphatic rings. The van der Waals surface area contributed by atoms with Crippen LogP contribution in [0.3, 0.4) is 0 Å². The van der Waals surface area contributed by atoms with E-state index < -0.39 is 50.6 Å². The fourth-order valence-electron chi connectivity index (χ4n) is 2.63. The zero-order valence-corrected chi connectivity index (χ0v) is 17.9. The van der Waals surface area contributed by atoms with Crippen molar-refractivity contribution in [1.82, 2.24) is 5.43 Å². The van der Waals surface area contributed by atoms with Crippen LogP contribution >= 0.6 is 0 Å². The molecule has 0 radical (unpaired) electrons. The van der Waals surface area contributed by atoms with E-state index in [0.717, 1.165) is 6.07 Å². The molecule has 0 aliphatic heterocycles. The SMILES string of the molecule is COc1ccc(NS(=O)(=O)c2cccc(C(=O)N/N=C/c3c(F)c(F)c(F)c(F)c3F)c2)cc1. The number of ether oxygens (including phenoxy) is 1. The number of hydrogen-bond donors (Lipinski definition) is 2. The molecule has 0 saturated carbocycles. The Bertz CT molecular complexity index is 1350. The summed E-state index contributed by atoms with van der Waals surface area (Å²) in [6, 6.07) is 10.7. The van der Waals surface area contributed by atoms with Gasteiger partial charge in [0.1, 0.15) is 5.75 Å². The number of carbonyl (C=O) groups excluding carboxylic acids is 1. The summed E-state index contributed by atoms with van der Waals surface area (Å²) in [5.74, 6) is -11.4. The van der Waals surface area contributed by atoms with Gasteiger partial charge in [-0.25, -0.2) is 35.8 Å². The number of anilines is 1. The summed E-state index contributed by atoms with van der Waals surface area (Å²) < 4.78 is 99.3. The number of hydrogen-bond acceptors (Lipinski definition) is 5. The van der Waals surface area contributed by atoms with Crippen LogP contribution in [0.4, 0.5) is 27.6 Å². The number of methoxy groups -OCH3 is 1. The molecule has 178 valence electrons. The molecule has 1 amide bonds. The third-order valence-corrected chi connectivity index (χ3v) is 5.73. The average Bonchev–Trinajstić information content (AvgIpc) is 2.84. The van der Waals surface area contributed by atoms with Crippen molar-refractivity contribution < 1.29 is 39.9 Å². The summed E-state index contributed by atoms with van der Waals surface area (Å²) in [5.41, 5.74) is 0.471. The predicted molar refractivity (Wildman–Crippen MR) is 112 cm³/mol. The van der Waals surface area contributed by atoms with E-state index in [4.69, 9.17) is 4.74 Å². The molecule has 3 rings (SSSR count). The number of amides is 1. The molecule has 34 heavy (non-hydrogen) atoms. The second-order valence-corrected chi connectivity index (χ2v) is 8.23. The standard InChI is InChI=1S/C21H14F5N3O4S/c1-33-13-7-5-12(6-8-13)29-34(31,32)14-4-2-3-11(9-14)21(30)28-27-10-15-16(22)18(24)20(26)19(25)17(15)23/h2-10,29H,1H3,(H,28,30)/b27-10+. The minimum atomic E-state index is -4.10. The van der Waals surface area contributed by atoms with Crippen LogP contribution < -0.4 is 14.9 Å². The van der Waals surface area contributed by atoms with Gasteiger partial charge in [-0.1, -0.05) is 6.07 Å². The first-order chi connectivity index (χ1) is 16.0. The van der Waals surface area contributed by atoms with Gasteiger partial charge in [0.15, 0.2) is 23.3 Å². The van der Waals surface area contributed by atoms with Crippen LogP contribution in [0, 0.1) is 29.1 Å². The molecule has 0 spiro atoms. The van der Waals surface area contributed by atoms with Gasteiger partial charge >= 0.3 is 0 Å². The lowest BCUT2D eigenvalue weighted by Crippen LogP contribution is -2.19. The third kappa shape index (κ3) is 5.14. The first-order valence-corrected chi connectivity index (χ1v) is 10.6. The molecule has 3 aromatic rings. The van der Waals surface area contributed by atoms with Crippen LogP contribution in [0.2, 0.25) is 0 Å².